The summed E-state index contributed by atoms with van der Waals surface area (Å²) in [6, 6.07) is 10.3. The molecule has 1 amide bonds. The number of halogens is 2. The van der Waals surface area contributed by atoms with Gasteiger partial charge in [-0.3, -0.25) is 4.79 Å². The van der Waals surface area contributed by atoms with Crippen molar-refractivity contribution in [3.63, 3.8) is 0 Å². The van der Waals surface area contributed by atoms with E-state index in [1.807, 2.05) is 0 Å². The lowest BCUT2D eigenvalue weighted by molar-refractivity contribution is -0.121. The van der Waals surface area contributed by atoms with E-state index in [9.17, 15) is 18.4 Å². The van der Waals surface area contributed by atoms with Crippen molar-refractivity contribution in [2.75, 3.05) is 18.6 Å². The topological polar surface area (TPSA) is 46.6 Å². The van der Waals surface area contributed by atoms with E-state index in [0.29, 0.717) is 5.69 Å². The van der Waals surface area contributed by atoms with Crippen LogP contribution in [-0.4, -0.2) is 25.5 Å². The zero-order valence-electron chi connectivity index (χ0n) is 11.8. The van der Waals surface area contributed by atoms with Gasteiger partial charge in [-0.25, -0.2) is 13.6 Å². The first-order valence-corrected chi connectivity index (χ1v) is 6.42. The lowest BCUT2D eigenvalue weighted by Crippen LogP contribution is -2.31. The van der Waals surface area contributed by atoms with Crippen LogP contribution in [0.25, 0.3) is 0 Å². The second-order valence-electron chi connectivity index (χ2n) is 4.52. The van der Waals surface area contributed by atoms with Crippen LogP contribution in [0, 0.1) is 11.6 Å². The van der Waals surface area contributed by atoms with Crippen LogP contribution in [0.1, 0.15) is 10.4 Å². The Morgan fingerprint density at radius 1 is 1.05 bits per heavy atom. The molecule has 4 nitrogen and oxygen atoms in total. The summed E-state index contributed by atoms with van der Waals surface area (Å²) >= 11 is 0. The number of hydrogen-bond acceptors (Lipinski definition) is 3. The number of esters is 1. The second kappa shape index (κ2) is 6.80. The summed E-state index contributed by atoms with van der Waals surface area (Å²) in [5.74, 6) is -2.26. The third kappa shape index (κ3) is 3.88. The number of ether oxygens (including phenoxy) is 1. The number of amides is 1. The Morgan fingerprint density at radius 3 is 2.36 bits per heavy atom. The minimum Gasteiger partial charge on any atom is -0.452 e. The van der Waals surface area contributed by atoms with Gasteiger partial charge in [0.05, 0.1) is 5.56 Å². The maximum Gasteiger partial charge on any atom is 0.338 e. The van der Waals surface area contributed by atoms with Gasteiger partial charge in [-0.2, -0.15) is 0 Å². The Kier molecular flexibility index (Phi) is 4.83. The molecular weight excluding hydrogens is 292 g/mol. The second-order valence-corrected chi connectivity index (χ2v) is 4.52. The summed E-state index contributed by atoms with van der Waals surface area (Å²) in [4.78, 5) is 24.8. The summed E-state index contributed by atoms with van der Waals surface area (Å²) in [6.45, 7) is -0.497. The zero-order chi connectivity index (χ0) is 16.1. The van der Waals surface area contributed by atoms with Crippen LogP contribution in [0.15, 0.2) is 48.5 Å². The maximum atomic E-state index is 13.0. The molecule has 0 unspecified atom stereocenters. The molecule has 0 radical (unpaired) electrons. The van der Waals surface area contributed by atoms with Gasteiger partial charge in [-0.1, -0.05) is 6.07 Å². The molecule has 2 aromatic carbocycles. The van der Waals surface area contributed by atoms with Crippen LogP contribution in [0.3, 0.4) is 0 Å². The first kappa shape index (κ1) is 15.6. The molecule has 0 bridgehead atoms. The summed E-state index contributed by atoms with van der Waals surface area (Å²) < 4.78 is 30.7. The lowest BCUT2D eigenvalue weighted by atomic mass is 10.2. The van der Waals surface area contributed by atoms with Crippen molar-refractivity contribution in [1.82, 2.24) is 0 Å². The standard InChI is InChI=1S/C16H13F2NO3/c1-19(14-7-5-12(17)6-8-14)15(20)10-22-16(21)11-3-2-4-13(18)9-11/h2-9H,10H2,1H3. The van der Waals surface area contributed by atoms with E-state index in [1.165, 1.54) is 54.4 Å². The molecule has 0 aliphatic carbocycles. The van der Waals surface area contributed by atoms with Crippen LogP contribution in [-0.2, 0) is 9.53 Å². The average Bonchev–Trinajstić information content (AvgIpc) is 2.52. The minimum atomic E-state index is -0.791. The van der Waals surface area contributed by atoms with E-state index < -0.39 is 30.1 Å². The molecule has 0 aromatic heterocycles. The predicted molar refractivity (Wildman–Crippen MR) is 76.5 cm³/mol. The highest BCUT2D eigenvalue weighted by Gasteiger charge is 2.15. The zero-order valence-corrected chi connectivity index (χ0v) is 11.8. The molecule has 114 valence electrons. The van der Waals surface area contributed by atoms with Crippen LogP contribution < -0.4 is 4.90 Å². The van der Waals surface area contributed by atoms with E-state index in [1.54, 1.807) is 0 Å². The van der Waals surface area contributed by atoms with Gasteiger partial charge >= 0.3 is 5.97 Å². The Balaban J connectivity index is 1.94. The van der Waals surface area contributed by atoms with E-state index in [4.69, 9.17) is 4.74 Å². The van der Waals surface area contributed by atoms with Gasteiger partial charge in [-0.05, 0) is 42.5 Å². The van der Waals surface area contributed by atoms with Crippen molar-refractivity contribution >= 4 is 17.6 Å². The number of anilines is 1. The molecular formula is C16H13F2NO3. The number of likely N-dealkylation sites (N-methyl/N-ethyl adjacent to an activating group) is 1. The normalized spacial score (nSPS) is 10.1. The van der Waals surface area contributed by atoms with Gasteiger partial charge in [0.15, 0.2) is 6.61 Å². The van der Waals surface area contributed by atoms with Crippen LogP contribution in [0.5, 0.6) is 0 Å². The summed E-state index contributed by atoms with van der Waals surface area (Å²) in [6.07, 6.45) is 0. The minimum absolute atomic E-state index is 0.0252. The Labute approximate surface area is 125 Å². The van der Waals surface area contributed by atoms with Crippen molar-refractivity contribution in [2.45, 2.75) is 0 Å². The van der Waals surface area contributed by atoms with E-state index in [-0.39, 0.29) is 5.56 Å². The quantitative estimate of drug-likeness (QED) is 0.816. The highest BCUT2D eigenvalue weighted by atomic mass is 19.1. The molecule has 0 saturated carbocycles. The molecule has 2 aromatic rings. The highest BCUT2D eigenvalue weighted by molar-refractivity contribution is 5.96. The van der Waals surface area contributed by atoms with Crippen molar-refractivity contribution in [1.29, 1.82) is 0 Å². The third-order valence-corrected chi connectivity index (χ3v) is 2.98. The van der Waals surface area contributed by atoms with Crippen molar-refractivity contribution < 1.29 is 23.1 Å². The van der Waals surface area contributed by atoms with Crippen molar-refractivity contribution in [3.8, 4) is 0 Å². The van der Waals surface area contributed by atoms with Gasteiger partial charge in [0.25, 0.3) is 5.91 Å². The number of carbonyl (C=O) groups is 2. The number of carbonyl (C=O) groups excluding carboxylic acids is 2. The number of benzene rings is 2. The van der Waals surface area contributed by atoms with Crippen LogP contribution in [0.4, 0.5) is 14.5 Å². The molecule has 2 rings (SSSR count). The predicted octanol–water partition coefficient (Wildman–Crippen LogP) is 2.78. The van der Waals surface area contributed by atoms with Crippen molar-refractivity contribution in [2.24, 2.45) is 0 Å². The largest absolute Gasteiger partial charge is 0.452 e. The molecule has 0 heterocycles. The summed E-state index contributed by atoms with van der Waals surface area (Å²) in [5.41, 5.74) is 0.491. The summed E-state index contributed by atoms with van der Waals surface area (Å²) in [5, 5.41) is 0. The van der Waals surface area contributed by atoms with Gasteiger partial charge in [-0.15, -0.1) is 0 Å². The molecule has 0 spiro atoms. The van der Waals surface area contributed by atoms with Gasteiger partial charge in [0.1, 0.15) is 11.6 Å². The Bertz CT molecular complexity index is 686. The van der Waals surface area contributed by atoms with Crippen molar-refractivity contribution in [3.05, 3.63) is 65.7 Å². The van der Waals surface area contributed by atoms with E-state index >= 15 is 0 Å². The molecule has 0 N–H and O–H groups in total. The van der Waals surface area contributed by atoms with Crippen LogP contribution >= 0.6 is 0 Å². The van der Waals surface area contributed by atoms with Crippen LogP contribution in [0.2, 0.25) is 0 Å². The number of hydrogen-bond donors (Lipinski definition) is 0. The fraction of sp³-hybridized carbons (Fsp3) is 0.125. The molecule has 0 aliphatic rings. The summed E-state index contributed by atoms with van der Waals surface area (Å²) in [7, 11) is 1.48. The SMILES string of the molecule is CN(C(=O)COC(=O)c1cccc(F)c1)c1ccc(F)cc1. The highest BCUT2D eigenvalue weighted by Crippen LogP contribution is 2.13. The Morgan fingerprint density at radius 2 is 1.73 bits per heavy atom. The Hall–Kier alpha value is -2.76. The number of rotatable bonds is 4. The fourth-order valence-corrected chi connectivity index (χ4v) is 1.73. The number of nitrogens with zero attached hydrogens (tertiary/aromatic N) is 1. The first-order valence-electron chi connectivity index (χ1n) is 6.42. The molecule has 0 saturated heterocycles. The molecule has 0 atom stereocenters. The maximum absolute atomic E-state index is 13.0. The molecule has 0 fully saturated rings. The first-order chi connectivity index (χ1) is 10.5. The monoisotopic (exact) mass is 305 g/mol. The lowest BCUT2D eigenvalue weighted by Gasteiger charge is -2.17. The fourth-order valence-electron chi connectivity index (χ4n) is 1.73. The van der Waals surface area contributed by atoms with Gasteiger partial charge in [0, 0.05) is 12.7 Å². The molecule has 0 aliphatic heterocycles. The van der Waals surface area contributed by atoms with E-state index in [2.05, 4.69) is 0 Å². The molecule has 6 heteroatoms. The smallest absolute Gasteiger partial charge is 0.338 e. The third-order valence-electron chi connectivity index (χ3n) is 2.98. The van der Waals surface area contributed by atoms with Gasteiger partial charge in [0.2, 0.25) is 0 Å². The molecule has 22 heavy (non-hydrogen) atoms. The average molecular weight is 305 g/mol. The van der Waals surface area contributed by atoms with E-state index in [0.717, 1.165) is 6.07 Å². The van der Waals surface area contributed by atoms with Gasteiger partial charge < -0.3 is 9.64 Å².